The Labute approximate surface area is 151 Å². The first kappa shape index (κ1) is 19.1. The molecule has 0 unspecified atom stereocenters. The van der Waals surface area contributed by atoms with Crippen LogP contribution in [0.4, 0.5) is 0 Å². The molecule has 0 aromatic carbocycles. The molecule has 2 aromatic heterocycles. The molecule has 0 atom stereocenters. The molecule has 2 aromatic rings. The van der Waals surface area contributed by atoms with E-state index < -0.39 is 11.9 Å². The summed E-state index contributed by atoms with van der Waals surface area (Å²) in [7, 11) is 0. The maximum absolute atomic E-state index is 11.7. The normalized spacial score (nSPS) is 10.7. The summed E-state index contributed by atoms with van der Waals surface area (Å²) < 4.78 is 12.3. The average Bonchev–Trinajstić information content (AvgIpc) is 3.22. The number of furan rings is 1. The molecule has 2 rings (SSSR count). The van der Waals surface area contributed by atoms with Crippen molar-refractivity contribution in [1.29, 1.82) is 5.26 Å². The summed E-state index contributed by atoms with van der Waals surface area (Å²) >= 11 is 0. The number of rotatable bonds is 8. The van der Waals surface area contributed by atoms with Crippen molar-refractivity contribution < 1.29 is 18.7 Å². The smallest absolute Gasteiger partial charge is 0.331 e. The van der Waals surface area contributed by atoms with Crippen molar-refractivity contribution in [1.82, 2.24) is 9.88 Å². The number of amides is 1. The van der Waals surface area contributed by atoms with E-state index in [1.165, 1.54) is 6.08 Å². The number of esters is 1. The van der Waals surface area contributed by atoms with E-state index in [9.17, 15) is 9.59 Å². The SMILES string of the molecule is Cc1cc(C=CC(=O)OCC(=O)NCCC#N)c(C)n1Cc1ccco1. The molecule has 0 spiro atoms. The fourth-order valence-corrected chi connectivity index (χ4v) is 2.45. The van der Waals surface area contributed by atoms with Crippen LogP contribution in [-0.2, 0) is 20.9 Å². The van der Waals surface area contributed by atoms with E-state index in [1.807, 2.05) is 38.1 Å². The van der Waals surface area contributed by atoms with E-state index in [0.29, 0.717) is 6.54 Å². The highest BCUT2D eigenvalue weighted by Gasteiger charge is 2.10. The Morgan fingerprint density at radius 2 is 2.23 bits per heavy atom. The molecular formula is C19H21N3O4. The maximum atomic E-state index is 11.7. The van der Waals surface area contributed by atoms with E-state index in [-0.39, 0.29) is 19.6 Å². The van der Waals surface area contributed by atoms with Crippen LogP contribution in [0.15, 0.2) is 35.0 Å². The van der Waals surface area contributed by atoms with Gasteiger partial charge in [-0.2, -0.15) is 5.26 Å². The zero-order valence-corrected chi connectivity index (χ0v) is 14.8. The highest BCUT2D eigenvalue weighted by Crippen LogP contribution is 2.18. The highest BCUT2D eigenvalue weighted by atomic mass is 16.5. The van der Waals surface area contributed by atoms with Gasteiger partial charge in [0.1, 0.15) is 5.76 Å². The predicted octanol–water partition coefficient (Wildman–Crippen LogP) is 2.33. The number of ether oxygens (including phenoxy) is 1. The van der Waals surface area contributed by atoms with Crippen molar-refractivity contribution in [2.24, 2.45) is 0 Å². The highest BCUT2D eigenvalue weighted by molar-refractivity contribution is 5.89. The van der Waals surface area contributed by atoms with Crippen molar-refractivity contribution >= 4 is 18.0 Å². The van der Waals surface area contributed by atoms with Crippen LogP contribution in [0.2, 0.25) is 0 Å². The van der Waals surface area contributed by atoms with Gasteiger partial charge in [0, 0.05) is 24.0 Å². The van der Waals surface area contributed by atoms with Crippen molar-refractivity contribution in [2.45, 2.75) is 26.8 Å². The summed E-state index contributed by atoms with van der Waals surface area (Å²) in [6.07, 6.45) is 4.81. The molecule has 0 saturated carbocycles. The number of carbonyl (C=O) groups is 2. The van der Waals surface area contributed by atoms with Gasteiger partial charge >= 0.3 is 5.97 Å². The van der Waals surface area contributed by atoms with E-state index in [2.05, 4.69) is 9.88 Å². The van der Waals surface area contributed by atoms with Crippen LogP contribution in [0, 0.1) is 25.2 Å². The number of nitrogens with one attached hydrogen (secondary N) is 1. The molecule has 7 nitrogen and oxygen atoms in total. The lowest BCUT2D eigenvalue weighted by molar-refractivity contribution is -0.143. The quantitative estimate of drug-likeness (QED) is 0.445. The molecule has 7 heteroatoms. The third kappa shape index (κ3) is 5.38. The van der Waals surface area contributed by atoms with Gasteiger partial charge in [-0.25, -0.2) is 4.79 Å². The summed E-state index contributed by atoms with van der Waals surface area (Å²) in [5.74, 6) is -0.181. The fraction of sp³-hybridized carbons (Fsp3) is 0.316. The van der Waals surface area contributed by atoms with Crippen LogP contribution < -0.4 is 5.32 Å². The summed E-state index contributed by atoms with van der Waals surface area (Å²) in [6, 6.07) is 7.63. The van der Waals surface area contributed by atoms with Gasteiger partial charge in [-0.3, -0.25) is 4.79 Å². The van der Waals surface area contributed by atoms with Crippen molar-refractivity contribution in [3.8, 4) is 6.07 Å². The van der Waals surface area contributed by atoms with E-state index >= 15 is 0 Å². The molecule has 1 amide bonds. The Bertz CT molecular complexity index is 826. The zero-order chi connectivity index (χ0) is 18.9. The first-order valence-electron chi connectivity index (χ1n) is 8.19. The van der Waals surface area contributed by atoms with Gasteiger partial charge in [-0.15, -0.1) is 0 Å². The van der Waals surface area contributed by atoms with Crippen LogP contribution in [0.5, 0.6) is 0 Å². The third-order valence-electron chi connectivity index (χ3n) is 3.81. The monoisotopic (exact) mass is 355 g/mol. The van der Waals surface area contributed by atoms with Crippen molar-refractivity contribution in [3.63, 3.8) is 0 Å². The van der Waals surface area contributed by atoms with Crippen LogP contribution in [0.3, 0.4) is 0 Å². The third-order valence-corrected chi connectivity index (χ3v) is 3.81. The van der Waals surface area contributed by atoms with E-state index in [1.54, 1.807) is 12.3 Å². The molecule has 26 heavy (non-hydrogen) atoms. The molecule has 2 heterocycles. The van der Waals surface area contributed by atoms with Gasteiger partial charge in [0.2, 0.25) is 0 Å². The summed E-state index contributed by atoms with van der Waals surface area (Å²) in [5.41, 5.74) is 2.94. The first-order valence-corrected chi connectivity index (χ1v) is 8.19. The molecule has 0 aliphatic rings. The summed E-state index contributed by atoms with van der Waals surface area (Å²) in [5, 5.41) is 10.9. The standard InChI is InChI=1S/C19H21N3O4/c1-14-11-16(15(2)22(14)12-17-5-3-10-25-17)6-7-19(24)26-13-18(23)21-9-4-8-20/h3,5-7,10-11H,4,9,12-13H2,1-2H3,(H,21,23). The number of hydrogen-bond acceptors (Lipinski definition) is 5. The Morgan fingerprint density at radius 1 is 1.42 bits per heavy atom. The predicted molar refractivity (Wildman–Crippen MR) is 94.9 cm³/mol. The molecular weight excluding hydrogens is 334 g/mol. The van der Waals surface area contributed by atoms with Gasteiger partial charge in [-0.1, -0.05) is 0 Å². The minimum Gasteiger partial charge on any atom is -0.467 e. The van der Waals surface area contributed by atoms with Crippen LogP contribution in [-0.4, -0.2) is 29.6 Å². The largest absolute Gasteiger partial charge is 0.467 e. The lowest BCUT2D eigenvalue weighted by Crippen LogP contribution is -2.29. The lowest BCUT2D eigenvalue weighted by atomic mass is 10.2. The van der Waals surface area contributed by atoms with Crippen LogP contribution in [0.25, 0.3) is 6.08 Å². The van der Waals surface area contributed by atoms with E-state index in [4.69, 9.17) is 14.4 Å². The second-order valence-corrected chi connectivity index (χ2v) is 5.69. The Balaban J connectivity index is 1.90. The molecule has 0 bridgehead atoms. The molecule has 1 N–H and O–H groups in total. The second-order valence-electron chi connectivity index (χ2n) is 5.69. The van der Waals surface area contributed by atoms with Gasteiger partial charge in [0.25, 0.3) is 5.91 Å². The number of nitriles is 1. The van der Waals surface area contributed by atoms with Crippen LogP contribution >= 0.6 is 0 Å². The average molecular weight is 355 g/mol. The molecule has 0 aliphatic carbocycles. The number of nitrogens with zero attached hydrogens (tertiary/aromatic N) is 2. The molecule has 0 saturated heterocycles. The fourth-order valence-electron chi connectivity index (χ4n) is 2.45. The topological polar surface area (TPSA) is 97.3 Å². The molecule has 0 fully saturated rings. The minimum atomic E-state index is -0.601. The van der Waals surface area contributed by atoms with Crippen molar-refractivity contribution in [3.05, 3.63) is 53.2 Å². The lowest BCUT2D eigenvalue weighted by Gasteiger charge is -2.07. The first-order chi connectivity index (χ1) is 12.5. The Hall–Kier alpha value is -3.27. The van der Waals surface area contributed by atoms with Gasteiger partial charge < -0.3 is 19.0 Å². The maximum Gasteiger partial charge on any atom is 0.331 e. The number of aromatic nitrogens is 1. The van der Waals surface area contributed by atoms with Gasteiger partial charge in [-0.05, 0) is 43.7 Å². The molecule has 0 aliphatic heterocycles. The van der Waals surface area contributed by atoms with Crippen molar-refractivity contribution in [2.75, 3.05) is 13.2 Å². The minimum absolute atomic E-state index is 0.215. The summed E-state index contributed by atoms with van der Waals surface area (Å²) in [4.78, 5) is 23.2. The Kier molecular flexibility index (Phi) is 6.80. The second kappa shape index (κ2) is 9.28. The van der Waals surface area contributed by atoms with Gasteiger partial charge in [0.05, 0.1) is 25.3 Å². The number of aryl methyl sites for hydroxylation is 1. The van der Waals surface area contributed by atoms with Crippen LogP contribution in [0.1, 0.15) is 29.1 Å². The number of hydrogen-bond donors (Lipinski definition) is 1. The Morgan fingerprint density at radius 3 is 2.92 bits per heavy atom. The summed E-state index contributed by atoms with van der Waals surface area (Å²) in [6.45, 7) is 4.43. The van der Waals surface area contributed by atoms with Gasteiger partial charge in [0.15, 0.2) is 6.61 Å². The molecule has 0 radical (unpaired) electrons. The molecule has 136 valence electrons. The van der Waals surface area contributed by atoms with E-state index in [0.717, 1.165) is 22.7 Å². The number of carbonyl (C=O) groups excluding carboxylic acids is 2. The zero-order valence-electron chi connectivity index (χ0n) is 14.8.